The van der Waals surface area contributed by atoms with Crippen LogP contribution in [0.2, 0.25) is 0 Å². The molecule has 0 bridgehead atoms. The largest absolute Gasteiger partial charge is 0.508 e. The second kappa shape index (κ2) is 22.5. The van der Waals surface area contributed by atoms with E-state index in [1.165, 1.54) is 45.4 Å². The van der Waals surface area contributed by atoms with Gasteiger partial charge < -0.3 is 33.2 Å². The van der Waals surface area contributed by atoms with Crippen LogP contribution >= 0.6 is 0 Å². The van der Waals surface area contributed by atoms with E-state index in [2.05, 4.69) is 29.6 Å². The zero-order valence-electron chi connectivity index (χ0n) is 33.0. The lowest BCUT2D eigenvalue weighted by molar-refractivity contribution is -0.147. The molecule has 0 N–H and O–H groups in total. The highest BCUT2D eigenvalue weighted by atomic mass is 19.1. The Labute approximate surface area is 324 Å². The van der Waals surface area contributed by atoms with Gasteiger partial charge in [0.15, 0.2) is 0 Å². The third kappa shape index (κ3) is 14.4. The van der Waals surface area contributed by atoms with E-state index in [0.717, 1.165) is 38.5 Å². The average Bonchev–Trinajstić information content (AvgIpc) is 3.18. The predicted molar refractivity (Wildman–Crippen MR) is 205 cm³/mol. The van der Waals surface area contributed by atoms with Gasteiger partial charge in [0.1, 0.15) is 43.4 Å². The van der Waals surface area contributed by atoms with E-state index in [9.17, 15) is 19.2 Å². The minimum Gasteiger partial charge on any atom is -0.492 e. The number of carbonyl (C=O) groups excluding carboxylic acids is 4. The molecule has 1 fully saturated rings. The number of unbranched alkanes of at least 4 members (excludes halogenated alkanes) is 2. The van der Waals surface area contributed by atoms with Crippen molar-refractivity contribution >= 4 is 24.2 Å². The van der Waals surface area contributed by atoms with Crippen molar-refractivity contribution in [3.05, 3.63) is 77.6 Å². The van der Waals surface area contributed by atoms with Crippen LogP contribution in [0.5, 0.6) is 5.75 Å². The van der Waals surface area contributed by atoms with Crippen LogP contribution in [0.25, 0.3) is 11.1 Å². The lowest BCUT2D eigenvalue weighted by atomic mass is 9.77. The van der Waals surface area contributed by atoms with Crippen LogP contribution in [0, 0.1) is 17.2 Å². The number of halogens is 1. The van der Waals surface area contributed by atoms with Crippen molar-refractivity contribution in [3.8, 4) is 16.9 Å². The number of hydrogen-bond acceptors (Lipinski definition) is 11. The Morgan fingerprint density at radius 3 is 1.96 bits per heavy atom. The van der Waals surface area contributed by atoms with Crippen LogP contribution in [0.15, 0.2) is 60.7 Å². The normalized spacial score (nSPS) is 15.3. The molecule has 0 heterocycles. The first kappa shape index (κ1) is 44.5. The van der Waals surface area contributed by atoms with Gasteiger partial charge in [-0.3, -0.25) is 0 Å². The smallest absolute Gasteiger partial charge is 0.492 e. The Kier molecular flexibility index (Phi) is 18.2. The fourth-order valence-corrected chi connectivity index (χ4v) is 6.49. The number of rotatable bonds is 21. The van der Waals surface area contributed by atoms with Crippen LogP contribution in [0.4, 0.5) is 14.0 Å². The van der Waals surface area contributed by atoms with Crippen molar-refractivity contribution in [2.24, 2.45) is 11.3 Å². The molecule has 0 atom stereocenters. The summed E-state index contributed by atoms with van der Waals surface area (Å²) < 4.78 is 52.7. The van der Waals surface area contributed by atoms with Crippen molar-refractivity contribution in [2.45, 2.75) is 90.9 Å². The molecule has 0 amide bonds. The van der Waals surface area contributed by atoms with E-state index < -0.39 is 49.5 Å². The second-order valence-electron chi connectivity index (χ2n) is 14.4. The first-order valence-electron chi connectivity index (χ1n) is 18.9. The third-order valence-electron chi connectivity index (χ3n) is 9.79. The fourth-order valence-electron chi connectivity index (χ4n) is 6.49. The Morgan fingerprint density at radius 1 is 0.764 bits per heavy atom. The van der Waals surface area contributed by atoms with Gasteiger partial charge in [0.25, 0.3) is 0 Å². The first-order valence-corrected chi connectivity index (χ1v) is 18.9. The van der Waals surface area contributed by atoms with Gasteiger partial charge in [0.05, 0.1) is 20.8 Å². The molecule has 302 valence electrons. The van der Waals surface area contributed by atoms with Gasteiger partial charge in [-0.25, -0.2) is 23.6 Å². The maximum absolute atomic E-state index is 15.9. The molecule has 1 aliphatic carbocycles. The molecule has 12 heteroatoms. The molecule has 3 rings (SSSR count). The molecule has 2 aromatic rings. The summed E-state index contributed by atoms with van der Waals surface area (Å²) in [5, 5.41) is 0. The Morgan fingerprint density at radius 2 is 1.38 bits per heavy atom. The summed E-state index contributed by atoms with van der Waals surface area (Å²) in [6.07, 6.45) is 8.24. The Bertz CT molecular complexity index is 1610. The number of hydrogen-bond donors (Lipinski definition) is 0. The molecule has 0 radical (unpaired) electrons. The molecule has 2 aromatic carbocycles. The van der Waals surface area contributed by atoms with Crippen molar-refractivity contribution in [2.75, 3.05) is 47.3 Å². The first-order chi connectivity index (χ1) is 26.3. The molecular formula is C43H57FO11. The summed E-state index contributed by atoms with van der Waals surface area (Å²) in [6, 6.07) is 10.7. The number of ether oxygens (including phenoxy) is 7. The molecular weight excluding hydrogens is 711 g/mol. The summed E-state index contributed by atoms with van der Waals surface area (Å²) in [5.74, 6) is -0.0981. The number of esters is 2. The molecule has 0 aromatic heterocycles. The lowest BCUT2D eigenvalue weighted by Gasteiger charge is -2.32. The van der Waals surface area contributed by atoms with Gasteiger partial charge >= 0.3 is 24.2 Å². The molecule has 0 spiro atoms. The van der Waals surface area contributed by atoms with E-state index in [1.807, 2.05) is 18.2 Å². The highest BCUT2D eigenvalue weighted by Gasteiger charge is 2.38. The van der Waals surface area contributed by atoms with Crippen molar-refractivity contribution in [1.82, 2.24) is 0 Å². The molecule has 1 aliphatic rings. The highest BCUT2D eigenvalue weighted by molar-refractivity contribution is 5.87. The predicted octanol–water partition coefficient (Wildman–Crippen LogP) is 9.45. The second-order valence-corrected chi connectivity index (χ2v) is 14.4. The monoisotopic (exact) mass is 768 g/mol. The maximum atomic E-state index is 15.9. The van der Waals surface area contributed by atoms with E-state index in [1.54, 1.807) is 25.1 Å². The van der Waals surface area contributed by atoms with Crippen molar-refractivity contribution in [1.29, 1.82) is 0 Å². The molecule has 11 nitrogen and oxygen atoms in total. The highest BCUT2D eigenvalue weighted by Crippen LogP contribution is 2.39. The fraction of sp³-hybridized carbons (Fsp3) is 0.535. The minimum absolute atomic E-state index is 0.0972. The molecule has 0 unspecified atom stereocenters. The SMILES string of the molecule is C=C(C)C(=O)OCCCc1cc(-c2ccc(C3CCC(CCCCC)CC3)cc2F)ccc1OCC(COC(=O)OC)(COC(=O)OC)COC(=O)C(=C)C. The van der Waals surface area contributed by atoms with Crippen LogP contribution in [-0.4, -0.2) is 71.5 Å². The number of methoxy groups -OCH3 is 2. The Balaban J connectivity index is 1.91. The van der Waals surface area contributed by atoms with Crippen LogP contribution in [-0.2, 0) is 44.4 Å². The van der Waals surface area contributed by atoms with E-state index in [0.29, 0.717) is 41.2 Å². The lowest BCUT2D eigenvalue weighted by Crippen LogP contribution is -2.44. The topological polar surface area (TPSA) is 133 Å². The third-order valence-corrected chi connectivity index (χ3v) is 9.79. The maximum Gasteiger partial charge on any atom is 0.508 e. The van der Waals surface area contributed by atoms with Gasteiger partial charge in [0.2, 0.25) is 0 Å². The molecule has 55 heavy (non-hydrogen) atoms. The summed E-state index contributed by atoms with van der Waals surface area (Å²) >= 11 is 0. The van der Waals surface area contributed by atoms with E-state index in [4.69, 9.17) is 23.7 Å². The van der Waals surface area contributed by atoms with Crippen molar-refractivity contribution < 1.29 is 56.7 Å². The zero-order valence-corrected chi connectivity index (χ0v) is 33.0. The van der Waals surface area contributed by atoms with E-state index in [-0.39, 0.29) is 30.2 Å². The molecule has 0 aliphatic heterocycles. The van der Waals surface area contributed by atoms with Gasteiger partial charge in [0, 0.05) is 16.7 Å². The quantitative estimate of drug-likeness (QED) is 0.0521. The van der Waals surface area contributed by atoms with Gasteiger partial charge in [-0.1, -0.05) is 64.0 Å². The standard InChI is InChI=1S/C43H57FO11/c1-8-9-10-12-31-14-16-32(17-15-31)33-18-20-36(37(44)24-33)34-19-21-38(35(23-34)13-11-22-51-39(45)29(2)3)52-25-43(27-54-41(47)49-6,28-55-42(48)50-7)26-53-40(46)30(4)5/h18-21,23-24,31-32H,2,4,8-17,22,25-28H2,1,3,5-7H3. The minimum atomic E-state index is -1.43. The molecule has 1 saturated carbocycles. The summed E-state index contributed by atoms with van der Waals surface area (Å²) in [7, 11) is 2.26. The summed E-state index contributed by atoms with van der Waals surface area (Å²) in [6.45, 7) is 11.0. The Hall–Kier alpha value is -4.87. The van der Waals surface area contributed by atoms with Crippen LogP contribution < -0.4 is 4.74 Å². The van der Waals surface area contributed by atoms with Gasteiger partial charge in [-0.15, -0.1) is 0 Å². The van der Waals surface area contributed by atoms with Gasteiger partial charge in [-0.2, -0.15) is 0 Å². The number of carbonyl (C=O) groups is 4. The average molecular weight is 769 g/mol. The number of aryl methyl sites for hydroxylation is 1. The zero-order chi connectivity index (χ0) is 40.4. The van der Waals surface area contributed by atoms with E-state index >= 15 is 4.39 Å². The van der Waals surface area contributed by atoms with Gasteiger partial charge in [-0.05, 0) is 99.1 Å². The summed E-state index contributed by atoms with van der Waals surface area (Å²) in [5.41, 5.74) is 1.68. The number of benzene rings is 2. The van der Waals surface area contributed by atoms with Crippen LogP contribution in [0.3, 0.4) is 0 Å². The van der Waals surface area contributed by atoms with Crippen molar-refractivity contribution in [3.63, 3.8) is 0 Å². The molecule has 0 saturated heterocycles. The van der Waals surface area contributed by atoms with Crippen LogP contribution in [0.1, 0.15) is 95.6 Å². The summed E-state index contributed by atoms with van der Waals surface area (Å²) in [4.78, 5) is 48.5.